The number of nitrogens with zero attached hydrogens (tertiary/aromatic N) is 1. The molecule has 2 aromatic carbocycles. The van der Waals surface area contributed by atoms with E-state index in [0.29, 0.717) is 36.9 Å². The number of carbonyl (C=O) groups is 2. The van der Waals surface area contributed by atoms with Crippen molar-refractivity contribution in [1.29, 1.82) is 0 Å². The van der Waals surface area contributed by atoms with E-state index < -0.39 is 21.8 Å². The molecule has 1 fully saturated rings. The first-order valence-corrected chi connectivity index (χ1v) is 12.7. The highest BCUT2D eigenvalue weighted by Crippen LogP contribution is 2.29. The predicted octanol–water partition coefficient (Wildman–Crippen LogP) is 2.98. The van der Waals surface area contributed by atoms with Crippen LogP contribution in [0.4, 0.5) is 0 Å². The Morgan fingerprint density at radius 2 is 1.56 bits per heavy atom. The Morgan fingerprint density at radius 3 is 2.15 bits per heavy atom. The first-order valence-electron chi connectivity index (χ1n) is 11.2. The van der Waals surface area contributed by atoms with E-state index in [1.165, 1.54) is 29.6 Å². The Kier molecular flexibility index (Phi) is 8.51. The monoisotopic (exact) mass is 489 g/mol. The molecule has 0 atom stereocenters. The zero-order chi connectivity index (χ0) is 24.7. The lowest BCUT2D eigenvalue weighted by molar-refractivity contribution is 0.0846. The summed E-state index contributed by atoms with van der Waals surface area (Å²) in [6.45, 7) is 5.68. The second kappa shape index (κ2) is 11.3. The van der Waals surface area contributed by atoms with Crippen molar-refractivity contribution < 1.29 is 27.5 Å². The van der Waals surface area contributed by atoms with Crippen molar-refractivity contribution in [2.75, 3.05) is 26.8 Å². The maximum Gasteiger partial charge on any atom is 0.269 e. The van der Waals surface area contributed by atoms with Gasteiger partial charge < -0.3 is 9.47 Å². The molecular weight excluding hydrogens is 458 g/mol. The molecule has 9 nitrogen and oxygen atoms in total. The number of benzene rings is 2. The second-order valence-electron chi connectivity index (χ2n) is 8.44. The highest BCUT2D eigenvalue weighted by atomic mass is 32.2. The average Bonchev–Trinajstić information content (AvgIpc) is 3.38. The molecule has 0 unspecified atom stereocenters. The van der Waals surface area contributed by atoms with Gasteiger partial charge in [-0.1, -0.05) is 13.8 Å². The zero-order valence-corrected chi connectivity index (χ0v) is 20.5. The van der Waals surface area contributed by atoms with Crippen LogP contribution in [0.25, 0.3) is 0 Å². The van der Waals surface area contributed by atoms with Crippen LogP contribution in [-0.4, -0.2) is 51.3 Å². The van der Waals surface area contributed by atoms with E-state index >= 15 is 0 Å². The standard InChI is InChI=1S/C24H31N3O6S/c1-17(2)12-15-33-20-9-6-18(7-10-20)23(28)25-26-24(29)19-8-11-21(32-3)22(16-19)34(30,31)27-13-4-5-14-27/h6-11,16-17H,4-5,12-15H2,1-3H3,(H,25,28)(H,26,29). The quantitative estimate of drug-likeness (QED) is 0.524. The van der Waals surface area contributed by atoms with Crippen LogP contribution in [0.3, 0.4) is 0 Å². The summed E-state index contributed by atoms with van der Waals surface area (Å²) in [6.07, 6.45) is 2.51. The van der Waals surface area contributed by atoms with Gasteiger partial charge in [0.25, 0.3) is 11.8 Å². The third-order valence-corrected chi connectivity index (χ3v) is 7.40. The molecule has 2 amide bonds. The Labute approximate surface area is 200 Å². The molecule has 1 aliphatic heterocycles. The van der Waals surface area contributed by atoms with E-state index in [2.05, 4.69) is 24.7 Å². The van der Waals surface area contributed by atoms with E-state index in [1.807, 2.05) is 0 Å². The molecule has 0 aromatic heterocycles. The molecule has 184 valence electrons. The van der Waals surface area contributed by atoms with Gasteiger partial charge in [-0.25, -0.2) is 8.42 Å². The van der Waals surface area contributed by atoms with Crippen LogP contribution in [-0.2, 0) is 10.0 Å². The minimum atomic E-state index is -3.80. The van der Waals surface area contributed by atoms with Crippen molar-refractivity contribution in [2.24, 2.45) is 5.92 Å². The number of carbonyl (C=O) groups excluding carboxylic acids is 2. The number of rotatable bonds is 9. The molecule has 0 saturated carbocycles. The normalized spacial score (nSPS) is 14.1. The minimum Gasteiger partial charge on any atom is -0.495 e. The van der Waals surface area contributed by atoms with Crippen LogP contribution >= 0.6 is 0 Å². The third kappa shape index (κ3) is 6.27. The van der Waals surface area contributed by atoms with Crippen LogP contribution in [0, 0.1) is 5.92 Å². The Hall–Kier alpha value is -3.11. The fourth-order valence-corrected chi connectivity index (χ4v) is 5.16. The number of sulfonamides is 1. The summed E-state index contributed by atoms with van der Waals surface area (Å²) in [7, 11) is -2.42. The van der Waals surface area contributed by atoms with Crippen molar-refractivity contribution in [3.05, 3.63) is 53.6 Å². The van der Waals surface area contributed by atoms with Crippen molar-refractivity contribution in [3.8, 4) is 11.5 Å². The van der Waals surface area contributed by atoms with E-state index in [9.17, 15) is 18.0 Å². The van der Waals surface area contributed by atoms with Gasteiger partial charge in [0, 0.05) is 24.2 Å². The number of hydrazine groups is 1. The molecule has 10 heteroatoms. The maximum absolute atomic E-state index is 13.0. The van der Waals surface area contributed by atoms with Gasteiger partial charge in [-0.2, -0.15) is 4.31 Å². The molecule has 2 N–H and O–H groups in total. The maximum atomic E-state index is 13.0. The van der Waals surface area contributed by atoms with E-state index in [4.69, 9.17) is 9.47 Å². The smallest absolute Gasteiger partial charge is 0.269 e. The summed E-state index contributed by atoms with van der Waals surface area (Å²) in [5.74, 6) is 0.188. The van der Waals surface area contributed by atoms with Crippen molar-refractivity contribution in [1.82, 2.24) is 15.2 Å². The molecule has 1 aliphatic rings. The number of methoxy groups -OCH3 is 1. The summed E-state index contributed by atoms with van der Waals surface area (Å²) in [5, 5.41) is 0. The number of hydrogen-bond donors (Lipinski definition) is 2. The van der Waals surface area contributed by atoms with Gasteiger partial charge in [0.15, 0.2) is 0 Å². The Morgan fingerprint density at radius 1 is 0.971 bits per heavy atom. The summed E-state index contributed by atoms with van der Waals surface area (Å²) in [5.41, 5.74) is 5.08. The van der Waals surface area contributed by atoms with Gasteiger partial charge in [-0.15, -0.1) is 0 Å². The fourth-order valence-electron chi connectivity index (χ4n) is 3.46. The molecule has 0 aliphatic carbocycles. The largest absolute Gasteiger partial charge is 0.495 e. The van der Waals surface area contributed by atoms with E-state index in [-0.39, 0.29) is 16.2 Å². The zero-order valence-electron chi connectivity index (χ0n) is 19.7. The van der Waals surface area contributed by atoms with Gasteiger partial charge in [-0.3, -0.25) is 20.4 Å². The van der Waals surface area contributed by atoms with Crippen LogP contribution in [0.5, 0.6) is 11.5 Å². The minimum absolute atomic E-state index is 0.0766. The third-order valence-electron chi connectivity index (χ3n) is 5.48. The van der Waals surface area contributed by atoms with Gasteiger partial charge in [-0.05, 0) is 67.6 Å². The van der Waals surface area contributed by atoms with Crippen LogP contribution in [0.1, 0.15) is 53.8 Å². The molecule has 3 rings (SSSR count). The average molecular weight is 490 g/mol. The number of nitrogens with one attached hydrogen (secondary N) is 2. The van der Waals surface area contributed by atoms with Gasteiger partial charge >= 0.3 is 0 Å². The molecule has 0 bridgehead atoms. The number of ether oxygens (including phenoxy) is 2. The molecule has 34 heavy (non-hydrogen) atoms. The first-order chi connectivity index (χ1) is 16.2. The lowest BCUT2D eigenvalue weighted by atomic mass is 10.1. The van der Waals surface area contributed by atoms with Crippen molar-refractivity contribution in [3.63, 3.8) is 0 Å². The molecule has 0 radical (unpaired) electrons. The number of hydrogen-bond acceptors (Lipinski definition) is 6. The molecular formula is C24H31N3O6S. The summed E-state index contributed by atoms with van der Waals surface area (Å²) < 4.78 is 38.2. The van der Waals surface area contributed by atoms with E-state index in [0.717, 1.165) is 19.3 Å². The number of amides is 2. The van der Waals surface area contributed by atoms with Gasteiger partial charge in [0.2, 0.25) is 10.0 Å². The lowest BCUT2D eigenvalue weighted by Gasteiger charge is -2.18. The van der Waals surface area contributed by atoms with E-state index in [1.54, 1.807) is 24.3 Å². The molecule has 0 spiro atoms. The van der Waals surface area contributed by atoms with Crippen molar-refractivity contribution in [2.45, 2.75) is 38.0 Å². The molecule has 2 aromatic rings. The Bertz CT molecular complexity index is 1110. The highest BCUT2D eigenvalue weighted by molar-refractivity contribution is 7.89. The van der Waals surface area contributed by atoms with Crippen LogP contribution in [0.2, 0.25) is 0 Å². The lowest BCUT2D eigenvalue weighted by Crippen LogP contribution is -2.41. The highest BCUT2D eigenvalue weighted by Gasteiger charge is 2.30. The van der Waals surface area contributed by atoms with Gasteiger partial charge in [0.1, 0.15) is 16.4 Å². The topological polar surface area (TPSA) is 114 Å². The SMILES string of the molecule is COc1ccc(C(=O)NNC(=O)c2ccc(OCCC(C)C)cc2)cc1S(=O)(=O)N1CCCC1. The predicted molar refractivity (Wildman–Crippen MR) is 127 cm³/mol. The first kappa shape index (κ1) is 25.5. The van der Waals surface area contributed by atoms with Crippen LogP contribution in [0.15, 0.2) is 47.4 Å². The second-order valence-corrected chi connectivity index (χ2v) is 10.3. The summed E-state index contributed by atoms with van der Waals surface area (Å²) in [4.78, 5) is 24.9. The van der Waals surface area contributed by atoms with Gasteiger partial charge in [0.05, 0.1) is 13.7 Å². The summed E-state index contributed by atoms with van der Waals surface area (Å²) >= 11 is 0. The summed E-state index contributed by atoms with van der Waals surface area (Å²) in [6, 6.07) is 10.7. The Balaban J connectivity index is 1.64. The fraction of sp³-hybridized carbons (Fsp3) is 0.417. The van der Waals surface area contributed by atoms with Crippen molar-refractivity contribution >= 4 is 21.8 Å². The van der Waals surface area contributed by atoms with Crippen LogP contribution < -0.4 is 20.3 Å². The molecule has 1 saturated heterocycles. The molecule has 1 heterocycles.